The van der Waals surface area contributed by atoms with E-state index < -0.39 is 3.79 Å². The number of ketones is 1. The SMILES string of the molecule is O=C(CCc1ccccc1)C(Cl)(Cl)Cl. The summed E-state index contributed by atoms with van der Waals surface area (Å²) in [4.78, 5) is 11.2. The number of carbonyl (C=O) groups is 1. The zero-order valence-electron chi connectivity index (χ0n) is 7.34. The largest absolute Gasteiger partial charge is 0.295 e. The van der Waals surface area contributed by atoms with E-state index in [-0.39, 0.29) is 12.2 Å². The van der Waals surface area contributed by atoms with Gasteiger partial charge in [-0.1, -0.05) is 65.1 Å². The zero-order valence-corrected chi connectivity index (χ0v) is 9.61. The van der Waals surface area contributed by atoms with Gasteiger partial charge in [0.25, 0.3) is 0 Å². The average molecular weight is 252 g/mol. The van der Waals surface area contributed by atoms with Crippen LogP contribution in [0.5, 0.6) is 0 Å². The van der Waals surface area contributed by atoms with Gasteiger partial charge in [-0.25, -0.2) is 0 Å². The second kappa shape index (κ2) is 5.01. The van der Waals surface area contributed by atoms with E-state index in [0.717, 1.165) is 5.56 Å². The molecule has 14 heavy (non-hydrogen) atoms. The number of rotatable bonds is 3. The molecule has 0 aliphatic carbocycles. The minimum Gasteiger partial charge on any atom is -0.295 e. The predicted molar refractivity (Wildman–Crippen MR) is 60.1 cm³/mol. The van der Waals surface area contributed by atoms with Gasteiger partial charge >= 0.3 is 0 Å². The molecule has 0 spiro atoms. The molecule has 0 amide bonds. The molecule has 0 fully saturated rings. The molecule has 76 valence electrons. The predicted octanol–water partition coefficient (Wildman–Crippen LogP) is 3.56. The van der Waals surface area contributed by atoms with Crippen molar-refractivity contribution in [2.75, 3.05) is 0 Å². The third-order valence-electron chi connectivity index (χ3n) is 1.80. The number of carbonyl (C=O) groups excluding carboxylic acids is 1. The normalized spacial score (nSPS) is 11.4. The average Bonchev–Trinajstić information content (AvgIpc) is 2.14. The Hall–Kier alpha value is -0.240. The highest BCUT2D eigenvalue weighted by Gasteiger charge is 2.29. The lowest BCUT2D eigenvalue weighted by molar-refractivity contribution is -0.118. The quantitative estimate of drug-likeness (QED) is 0.751. The highest BCUT2D eigenvalue weighted by Crippen LogP contribution is 2.28. The van der Waals surface area contributed by atoms with Crippen molar-refractivity contribution in [2.24, 2.45) is 0 Å². The molecule has 0 unspecified atom stereocenters. The topological polar surface area (TPSA) is 17.1 Å². The number of Topliss-reactive ketones (excluding diaryl/α,β-unsaturated/α-hetero) is 1. The standard InChI is InChI=1S/C10H9Cl3O/c11-10(12,13)9(14)7-6-8-4-2-1-3-5-8/h1-5H,6-7H2. The van der Waals surface area contributed by atoms with E-state index in [1.54, 1.807) is 0 Å². The first kappa shape index (κ1) is 11.8. The minimum atomic E-state index is -1.78. The summed E-state index contributed by atoms with van der Waals surface area (Å²) in [6.45, 7) is 0. The van der Waals surface area contributed by atoms with Crippen LogP contribution in [0.3, 0.4) is 0 Å². The Morgan fingerprint density at radius 2 is 1.71 bits per heavy atom. The zero-order chi connectivity index (χ0) is 10.6. The van der Waals surface area contributed by atoms with E-state index in [1.807, 2.05) is 30.3 Å². The molecule has 1 nitrogen and oxygen atoms in total. The van der Waals surface area contributed by atoms with E-state index in [0.29, 0.717) is 6.42 Å². The fraction of sp³-hybridized carbons (Fsp3) is 0.300. The number of alkyl halides is 3. The molecule has 0 aliphatic heterocycles. The first-order valence-electron chi connectivity index (χ1n) is 4.14. The Morgan fingerprint density at radius 3 is 2.21 bits per heavy atom. The summed E-state index contributed by atoms with van der Waals surface area (Å²) >= 11 is 16.3. The summed E-state index contributed by atoms with van der Waals surface area (Å²) < 4.78 is -1.78. The number of benzene rings is 1. The minimum absolute atomic E-state index is 0.251. The Morgan fingerprint density at radius 1 is 1.14 bits per heavy atom. The van der Waals surface area contributed by atoms with Gasteiger partial charge in [-0.3, -0.25) is 4.79 Å². The van der Waals surface area contributed by atoms with Crippen LogP contribution < -0.4 is 0 Å². The van der Waals surface area contributed by atoms with Gasteiger partial charge in [-0.2, -0.15) is 0 Å². The molecule has 0 saturated carbocycles. The van der Waals surface area contributed by atoms with Crippen LogP contribution in [0.2, 0.25) is 0 Å². The fourth-order valence-corrected chi connectivity index (χ4v) is 1.33. The van der Waals surface area contributed by atoms with Crippen LogP contribution in [-0.4, -0.2) is 9.58 Å². The van der Waals surface area contributed by atoms with Gasteiger partial charge in [0, 0.05) is 6.42 Å². The number of hydrogen-bond acceptors (Lipinski definition) is 1. The maximum absolute atomic E-state index is 11.2. The molecule has 0 bridgehead atoms. The summed E-state index contributed by atoms with van der Waals surface area (Å²) in [7, 11) is 0. The van der Waals surface area contributed by atoms with E-state index in [1.165, 1.54) is 0 Å². The van der Waals surface area contributed by atoms with Crippen molar-refractivity contribution >= 4 is 40.6 Å². The van der Waals surface area contributed by atoms with E-state index in [4.69, 9.17) is 34.8 Å². The van der Waals surface area contributed by atoms with Gasteiger partial charge in [0.15, 0.2) is 5.78 Å². The van der Waals surface area contributed by atoms with Crippen LogP contribution in [0.4, 0.5) is 0 Å². The van der Waals surface area contributed by atoms with Crippen molar-refractivity contribution in [3.63, 3.8) is 0 Å². The van der Waals surface area contributed by atoms with Gasteiger partial charge in [0.05, 0.1) is 0 Å². The molecular formula is C10H9Cl3O. The van der Waals surface area contributed by atoms with Crippen LogP contribution in [0.25, 0.3) is 0 Å². The van der Waals surface area contributed by atoms with Crippen molar-refractivity contribution in [1.29, 1.82) is 0 Å². The van der Waals surface area contributed by atoms with E-state index >= 15 is 0 Å². The Labute approximate surface area is 98.0 Å². The van der Waals surface area contributed by atoms with Crippen LogP contribution in [-0.2, 0) is 11.2 Å². The second-order valence-corrected chi connectivity index (χ2v) is 5.19. The lowest BCUT2D eigenvalue weighted by Gasteiger charge is -2.08. The van der Waals surface area contributed by atoms with E-state index in [9.17, 15) is 4.79 Å². The third-order valence-corrected chi connectivity index (χ3v) is 2.43. The molecular weight excluding hydrogens is 242 g/mol. The molecule has 1 rings (SSSR count). The maximum Gasteiger partial charge on any atom is 0.248 e. The Balaban J connectivity index is 2.46. The maximum atomic E-state index is 11.2. The third kappa shape index (κ3) is 3.87. The number of halogens is 3. The highest BCUT2D eigenvalue weighted by molar-refractivity contribution is 6.76. The summed E-state index contributed by atoms with van der Waals surface area (Å²) in [6.07, 6.45) is 0.855. The van der Waals surface area contributed by atoms with Gasteiger partial charge < -0.3 is 0 Å². The molecule has 0 N–H and O–H groups in total. The molecule has 0 aromatic heterocycles. The first-order chi connectivity index (χ1) is 6.50. The lowest BCUT2D eigenvalue weighted by Crippen LogP contribution is -2.19. The molecule has 4 heteroatoms. The fourth-order valence-electron chi connectivity index (χ4n) is 1.04. The van der Waals surface area contributed by atoms with Crippen molar-refractivity contribution < 1.29 is 4.79 Å². The summed E-state index contributed by atoms with van der Waals surface area (Å²) in [5.74, 6) is -0.369. The monoisotopic (exact) mass is 250 g/mol. The molecule has 0 radical (unpaired) electrons. The molecule has 0 heterocycles. The van der Waals surface area contributed by atoms with Crippen molar-refractivity contribution in [3.8, 4) is 0 Å². The highest BCUT2D eigenvalue weighted by atomic mass is 35.6. The number of hydrogen-bond donors (Lipinski definition) is 0. The summed E-state index contributed by atoms with van der Waals surface area (Å²) in [6, 6.07) is 9.61. The first-order valence-corrected chi connectivity index (χ1v) is 5.27. The molecule has 0 aliphatic rings. The molecule has 1 aromatic carbocycles. The van der Waals surface area contributed by atoms with Gasteiger partial charge in [0.1, 0.15) is 0 Å². The Bertz CT molecular complexity index is 303. The van der Waals surface area contributed by atoms with Crippen molar-refractivity contribution in [2.45, 2.75) is 16.6 Å². The van der Waals surface area contributed by atoms with Gasteiger partial charge in [0.2, 0.25) is 3.79 Å². The molecule has 0 atom stereocenters. The summed E-state index contributed by atoms with van der Waals surface area (Å²) in [5, 5.41) is 0. The molecule has 0 saturated heterocycles. The lowest BCUT2D eigenvalue weighted by atomic mass is 10.1. The molecule has 1 aromatic rings. The van der Waals surface area contributed by atoms with Crippen molar-refractivity contribution in [1.82, 2.24) is 0 Å². The van der Waals surface area contributed by atoms with Crippen LogP contribution in [0, 0.1) is 0 Å². The van der Waals surface area contributed by atoms with Crippen LogP contribution in [0.1, 0.15) is 12.0 Å². The van der Waals surface area contributed by atoms with Crippen molar-refractivity contribution in [3.05, 3.63) is 35.9 Å². The smallest absolute Gasteiger partial charge is 0.248 e. The van der Waals surface area contributed by atoms with Gasteiger partial charge in [-0.15, -0.1) is 0 Å². The van der Waals surface area contributed by atoms with Gasteiger partial charge in [-0.05, 0) is 12.0 Å². The second-order valence-electron chi connectivity index (χ2n) is 2.91. The Kier molecular flexibility index (Phi) is 4.24. The summed E-state index contributed by atoms with van der Waals surface area (Å²) in [5.41, 5.74) is 1.06. The van der Waals surface area contributed by atoms with Crippen LogP contribution in [0.15, 0.2) is 30.3 Å². The van der Waals surface area contributed by atoms with E-state index in [2.05, 4.69) is 0 Å². The van der Waals surface area contributed by atoms with Crippen LogP contribution >= 0.6 is 34.8 Å². The number of aryl methyl sites for hydroxylation is 1.